The summed E-state index contributed by atoms with van der Waals surface area (Å²) in [5.74, 6) is 2.37. The third kappa shape index (κ3) is 9.07. The number of rotatable bonds is 16. The number of aromatic nitrogens is 4. The minimum Gasteiger partial charge on any atom is -0.469 e. The molecule has 2 unspecified atom stereocenters. The largest absolute Gasteiger partial charge is 0.469 e. The Labute approximate surface area is 338 Å². The zero-order chi connectivity index (χ0) is 39.2. The van der Waals surface area contributed by atoms with Crippen LogP contribution >= 0.6 is 24.4 Å². The maximum Gasteiger partial charge on any atom is 0.289 e. The second-order valence-corrected chi connectivity index (χ2v) is 15.8. The number of benzene rings is 4. The van der Waals surface area contributed by atoms with Crippen molar-refractivity contribution in [2.45, 2.75) is 47.8 Å². The van der Waals surface area contributed by atoms with E-state index in [9.17, 15) is 8.42 Å². The lowest BCUT2D eigenvalue weighted by Crippen LogP contribution is -2.22. The lowest BCUT2D eigenvalue weighted by molar-refractivity contribution is 0.413. The van der Waals surface area contributed by atoms with E-state index in [1.165, 1.54) is 0 Å². The van der Waals surface area contributed by atoms with Crippen LogP contribution in [0.5, 0.6) is 0 Å². The molecule has 8 aromatic rings. The molecule has 0 radical (unpaired) electrons. The van der Waals surface area contributed by atoms with Crippen LogP contribution in [0.4, 0.5) is 11.4 Å². The summed E-state index contributed by atoms with van der Waals surface area (Å²) >= 11 is 11.1. The van der Waals surface area contributed by atoms with Gasteiger partial charge in [-0.2, -0.15) is 9.36 Å². The van der Waals surface area contributed by atoms with E-state index in [1.807, 2.05) is 84.9 Å². The Morgan fingerprint density at radius 3 is 1.32 bits per heavy atom. The zero-order valence-corrected chi connectivity index (χ0v) is 32.8. The van der Waals surface area contributed by atoms with Crippen molar-refractivity contribution >= 4 is 45.6 Å². The van der Waals surface area contributed by atoms with Crippen LogP contribution in [0.2, 0.25) is 0 Å². The number of hydrogen-bond donors (Lipinski definition) is 2. The van der Waals surface area contributed by atoms with Crippen molar-refractivity contribution in [1.82, 2.24) is 19.6 Å². The third-order valence-corrected chi connectivity index (χ3v) is 11.5. The minimum atomic E-state index is -3.87. The summed E-state index contributed by atoms with van der Waals surface area (Å²) in [4.78, 5) is 0.669. The minimum absolute atomic E-state index is 0.134. The van der Waals surface area contributed by atoms with Crippen LogP contribution in [-0.2, 0) is 35.5 Å². The van der Waals surface area contributed by atoms with Crippen molar-refractivity contribution in [2.24, 2.45) is 0 Å². The predicted octanol–water partition coefficient (Wildman–Crippen LogP) is 9.63. The van der Waals surface area contributed by atoms with E-state index in [0.717, 1.165) is 11.1 Å². The fraction of sp³-hybridized carbons (Fsp3) is 0.143. The van der Waals surface area contributed by atoms with Gasteiger partial charge in [0, 0.05) is 24.2 Å². The quantitative estimate of drug-likeness (QED) is 0.0896. The molecule has 0 aliphatic heterocycles. The van der Waals surface area contributed by atoms with Crippen molar-refractivity contribution < 1.29 is 26.1 Å². The molecule has 0 aliphatic rings. The van der Waals surface area contributed by atoms with Crippen molar-refractivity contribution in [3.05, 3.63) is 190 Å². The Hall–Kier alpha value is -6.29. The van der Waals surface area contributed by atoms with Gasteiger partial charge in [0.2, 0.25) is 21.6 Å². The fourth-order valence-electron chi connectivity index (χ4n) is 6.35. The Bertz CT molecular complexity index is 2560. The highest BCUT2D eigenvalue weighted by Gasteiger charge is 2.23. The number of nitrogens with zero attached hydrogens (tertiary/aromatic N) is 4. The van der Waals surface area contributed by atoms with Gasteiger partial charge < -0.3 is 28.3 Å². The van der Waals surface area contributed by atoms with Gasteiger partial charge in [-0.1, -0.05) is 60.7 Å². The Kier molecular flexibility index (Phi) is 11.1. The molecule has 288 valence electrons. The number of anilines is 2. The summed E-state index contributed by atoms with van der Waals surface area (Å²) < 4.78 is 53.8. The first kappa shape index (κ1) is 37.6. The summed E-state index contributed by atoms with van der Waals surface area (Å²) in [6, 6.07) is 40.2. The van der Waals surface area contributed by atoms with Gasteiger partial charge in [-0.15, -0.1) is 10.2 Å². The van der Waals surface area contributed by atoms with Crippen molar-refractivity contribution in [2.75, 3.05) is 10.6 Å². The molecule has 12 nitrogen and oxygen atoms in total. The summed E-state index contributed by atoms with van der Waals surface area (Å²) in [6.07, 6.45) is 3.99. The molecule has 2 N–H and O–H groups in total. The summed E-state index contributed by atoms with van der Waals surface area (Å²) in [7, 11) is -3.87. The first-order valence-electron chi connectivity index (χ1n) is 18.0. The second kappa shape index (κ2) is 16.8. The molecule has 0 amide bonds. The van der Waals surface area contributed by atoms with Gasteiger partial charge >= 0.3 is 0 Å². The summed E-state index contributed by atoms with van der Waals surface area (Å²) in [5, 5.41) is 16.2. The molecular weight excluding hydrogens is 781 g/mol. The van der Waals surface area contributed by atoms with E-state index in [1.54, 1.807) is 70.4 Å². The van der Waals surface area contributed by atoms with E-state index >= 15 is 0 Å². The monoisotopic (exact) mass is 816 g/mol. The highest BCUT2D eigenvalue weighted by atomic mass is 32.2. The Balaban J connectivity index is 0.980. The molecular formula is C42H36N6O6S3. The number of nitrogens with one attached hydrogen (secondary N) is 2. The molecule has 0 fully saturated rings. The van der Waals surface area contributed by atoms with Crippen LogP contribution in [0.15, 0.2) is 173 Å². The van der Waals surface area contributed by atoms with Crippen LogP contribution in [0.3, 0.4) is 0 Å². The van der Waals surface area contributed by atoms with E-state index < -0.39 is 22.2 Å². The highest BCUT2D eigenvalue weighted by Crippen LogP contribution is 2.28. The molecule has 4 heterocycles. The molecule has 0 saturated heterocycles. The Morgan fingerprint density at radius 2 is 0.947 bits per heavy atom. The molecule has 2 atom stereocenters. The molecule has 15 heteroatoms. The molecule has 4 aromatic heterocycles. The molecule has 4 aromatic carbocycles. The first-order valence-corrected chi connectivity index (χ1v) is 20.3. The lowest BCUT2D eigenvalue weighted by Gasteiger charge is -2.19. The zero-order valence-electron chi connectivity index (χ0n) is 30.3. The van der Waals surface area contributed by atoms with Crippen LogP contribution in [0.1, 0.15) is 46.8 Å². The number of furan rings is 2. The van der Waals surface area contributed by atoms with Gasteiger partial charge in [0.15, 0.2) is 0 Å². The van der Waals surface area contributed by atoms with Crippen molar-refractivity contribution in [3.63, 3.8) is 0 Å². The molecule has 0 aliphatic carbocycles. The first-order chi connectivity index (χ1) is 27.8. The van der Waals surface area contributed by atoms with Crippen LogP contribution in [-0.4, -0.2) is 28.0 Å². The van der Waals surface area contributed by atoms with Gasteiger partial charge in [-0.25, -0.2) is 8.42 Å². The summed E-state index contributed by atoms with van der Waals surface area (Å²) in [6.45, 7) is 0. The van der Waals surface area contributed by atoms with Crippen LogP contribution in [0.25, 0.3) is 0 Å². The van der Waals surface area contributed by atoms with E-state index in [-0.39, 0.29) is 19.5 Å². The van der Waals surface area contributed by atoms with Gasteiger partial charge in [0.1, 0.15) is 23.9 Å². The van der Waals surface area contributed by atoms with Gasteiger partial charge in [-0.05, 0) is 108 Å². The molecule has 57 heavy (non-hydrogen) atoms. The summed E-state index contributed by atoms with van der Waals surface area (Å²) in [5.41, 5.74) is 3.39. The topological polar surface area (TPSA) is 146 Å². The predicted molar refractivity (Wildman–Crippen MR) is 218 cm³/mol. The maximum absolute atomic E-state index is 13.8. The average molecular weight is 817 g/mol. The van der Waals surface area contributed by atoms with E-state index in [0.29, 0.717) is 60.4 Å². The Morgan fingerprint density at radius 1 is 0.544 bits per heavy atom. The standard InChI is InChI=1S/C42H36N6O6S3/c49-57(50,35-19-15-31(16-20-35)43-37(27-33-13-7-23-51-33)47-41(55)53-39(45-47)25-29-9-3-1-4-10-29)36-21-17-32(18-22-36)44-38(28-34-14-8-24-52-34)48-42(56)54-40(46-48)26-30-11-5-2-6-12-30/h1-24,37-38,43-44H,25-28H2. The SMILES string of the molecule is O=S(=O)(c1ccc(NC(Cc2ccco2)n2nc(Cc3ccccc3)oc2=S)cc1)c1ccc(NC(Cc2ccco2)n2nc(Cc3ccccc3)oc2=S)cc1. The average Bonchev–Trinajstić information content (AvgIpc) is 4.06. The normalized spacial score (nSPS) is 12.6. The van der Waals surface area contributed by atoms with Gasteiger partial charge in [0.05, 0.1) is 35.2 Å². The van der Waals surface area contributed by atoms with Crippen LogP contribution < -0.4 is 10.6 Å². The van der Waals surface area contributed by atoms with Gasteiger partial charge in [0.25, 0.3) is 9.67 Å². The lowest BCUT2D eigenvalue weighted by atomic mass is 10.2. The molecule has 8 rings (SSSR count). The van der Waals surface area contributed by atoms with Gasteiger partial charge in [-0.3, -0.25) is 0 Å². The smallest absolute Gasteiger partial charge is 0.289 e. The molecule has 0 saturated carbocycles. The third-order valence-electron chi connectivity index (χ3n) is 9.15. The van der Waals surface area contributed by atoms with E-state index in [2.05, 4.69) is 20.8 Å². The van der Waals surface area contributed by atoms with Crippen LogP contribution in [0, 0.1) is 9.67 Å². The van der Waals surface area contributed by atoms with E-state index in [4.69, 9.17) is 42.1 Å². The van der Waals surface area contributed by atoms with Crippen molar-refractivity contribution in [1.29, 1.82) is 0 Å². The molecule has 0 spiro atoms. The molecule has 0 bridgehead atoms. The van der Waals surface area contributed by atoms with Crippen molar-refractivity contribution in [3.8, 4) is 0 Å². The fourth-order valence-corrected chi connectivity index (χ4v) is 8.14. The highest BCUT2D eigenvalue weighted by molar-refractivity contribution is 7.91. The maximum atomic E-state index is 13.8. The second-order valence-electron chi connectivity index (χ2n) is 13.2. The number of hydrogen-bond acceptors (Lipinski definition) is 12. The number of sulfone groups is 1.